The van der Waals surface area contributed by atoms with Gasteiger partial charge in [0.15, 0.2) is 0 Å². The Morgan fingerprint density at radius 2 is 2.21 bits per heavy atom. The monoisotopic (exact) mass is 263 g/mol. The molecule has 0 saturated heterocycles. The summed E-state index contributed by atoms with van der Waals surface area (Å²) in [6.07, 6.45) is 2.78. The van der Waals surface area contributed by atoms with Crippen LogP contribution in [0.1, 0.15) is 6.92 Å². The van der Waals surface area contributed by atoms with E-state index in [9.17, 15) is 4.79 Å². The van der Waals surface area contributed by atoms with Crippen LogP contribution in [0.4, 0.5) is 11.9 Å². The summed E-state index contributed by atoms with van der Waals surface area (Å²) in [7, 11) is 1.54. The minimum atomic E-state index is -0.504. The van der Waals surface area contributed by atoms with Crippen molar-refractivity contribution >= 4 is 17.8 Å². The molecule has 10 heteroatoms. The average molecular weight is 263 g/mol. The number of amides is 1. The van der Waals surface area contributed by atoms with Crippen molar-refractivity contribution in [3.63, 3.8) is 0 Å². The fourth-order valence-corrected chi connectivity index (χ4v) is 1.33. The summed E-state index contributed by atoms with van der Waals surface area (Å²) < 4.78 is 1.34. The van der Waals surface area contributed by atoms with Crippen LogP contribution in [-0.4, -0.2) is 48.7 Å². The molecule has 2 aromatic rings. The summed E-state index contributed by atoms with van der Waals surface area (Å²) in [6.45, 7) is 1.67. The van der Waals surface area contributed by atoms with Crippen molar-refractivity contribution in [1.82, 2.24) is 35.0 Å². The molecule has 100 valence electrons. The molecule has 4 N–H and O–H groups in total. The zero-order valence-electron chi connectivity index (χ0n) is 10.4. The smallest absolute Gasteiger partial charge is 0.258 e. The molecule has 1 amide bonds. The molecule has 1 atom stereocenters. The molecule has 0 bridgehead atoms. The van der Waals surface area contributed by atoms with Crippen molar-refractivity contribution in [3.8, 4) is 5.95 Å². The molecule has 0 radical (unpaired) electrons. The van der Waals surface area contributed by atoms with Crippen LogP contribution >= 0.6 is 0 Å². The zero-order chi connectivity index (χ0) is 13.8. The third-order valence-electron chi connectivity index (χ3n) is 2.25. The van der Waals surface area contributed by atoms with Gasteiger partial charge in [-0.25, -0.2) is 4.98 Å². The Kier molecular flexibility index (Phi) is 3.50. The molecule has 2 heterocycles. The number of hydrogen-bond acceptors (Lipinski definition) is 8. The van der Waals surface area contributed by atoms with Crippen LogP contribution in [-0.2, 0) is 4.79 Å². The second kappa shape index (κ2) is 5.25. The third-order valence-corrected chi connectivity index (χ3v) is 2.25. The SMILES string of the molecule is CNC(=O)C(C)Nc1nc(N)nc(-n2cncn2)n1. The zero-order valence-corrected chi connectivity index (χ0v) is 10.4. The molecule has 2 rings (SSSR count). The number of aromatic nitrogens is 6. The summed E-state index contributed by atoms with van der Waals surface area (Å²) in [5.41, 5.74) is 5.59. The first kappa shape index (κ1) is 12.7. The maximum absolute atomic E-state index is 11.4. The Morgan fingerprint density at radius 3 is 2.84 bits per heavy atom. The number of nitrogens with two attached hydrogens (primary N) is 1. The van der Waals surface area contributed by atoms with Gasteiger partial charge >= 0.3 is 0 Å². The van der Waals surface area contributed by atoms with Crippen LogP contribution in [0.3, 0.4) is 0 Å². The summed E-state index contributed by atoms with van der Waals surface area (Å²) in [4.78, 5) is 27.1. The predicted molar refractivity (Wildman–Crippen MR) is 66.3 cm³/mol. The van der Waals surface area contributed by atoms with Crippen molar-refractivity contribution in [2.75, 3.05) is 18.1 Å². The lowest BCUT2D eigenvalue weighted by Crippen LogP contribution is -2.35. The van der Waals surface area contributed by atoms with Crippen molar-refractivity contribution < 1.29 is 4.79 Å². The number of hydrogen-bond donors (Lipinski definition) is 3. The number of carbonyl (C=O) groups excluding carboxylic acids is 1. The van der Waals surface area contributed by atoms with Crippen LogP contribution in [0, 0.1) is 0 Å². The predicted octanol–water partition coefficient (Wildman–Crippen LogP) is -1.42. The van der Waals surface area contributed by atoms with Crippen LogP contribution in [0.2, 0.25) is 0 Å². The summed E-state index contributed by atoms with van der Waals surface area (Å²) in [6, 6.07) is -0.504. The Bertz CT molecular complexity index is 567. The largest absolute Gasteiger partial charge is 0.368 e. The van der Waals surface area contributed by atoms with Crippen LogP contribution < -0.4 is 16.4 Å². The number of rotatable bonds is 4. The fourth-order valence-electron chi connectivity index (χ4n) is 1.33. The van der Waals surface area contributed by atoms with Gasteiger partial charge < -0.3 is 16.4 Å². The molecule has 0 spiro atoms. The first-order valence-corrected chi connectivity index (χ1v) is 5.45. The van der Waals surface area contributed by atoms with Crippen molar-refractivity contribution in [3.05, 3.63) is 12.7 Å². The first-order chi connectivity index (χ1) is 9.10. The minimum Gasteiger partial charge on any atom is -0.368 e. The van der Waals surface area contributed by atoms with Gasteiger partial charge in [-0.05, 0) is 6.92 Å². The molecule has 0 aliphatic heterocycles. The van der Waals surface area contributed by atoms with Crippen molar-refractivity contribution in [2.45, 2.75) is 13.0 Å². The van der Waals surface area contributed by atoms with E-state index in [2.05, 4.69) is 35.7 Å². The number of nitrogens with one attached hydrogen (secondary N) is 2. The number of nitrogens with zero attached hydrogens (tertiary/aromatic N) is 6. The van der Waals surface area contributed by atoms with Gasteiger partial charge in [-0.3, -0.25) is 4.79 Å². The molecule has 0 aromatic carbocycles. The van der Waals surface area contributed by atoms with Gasteiger partial charge in [-0.15, -0.1) is 0 Å². The Morgan fingerprint density at radius 1 is 1.42 bits per heavy atom. The first-order valence-electron chi connectivity index (χ1n) is 5.45. The van der Waals surface area contributed by atoms with E-state index in [1.54, 1.807) is 14.0 Å². The van der Waals surface area contributed by atoms with Crippen molar-refractivity contribution in [2.24, 2.45) is 0 Å². The van der Waals surface area contributed by atoms with E-state index >= 15 is 0 Å². The van der Waals surface area contributed by atoms with Gasteiger partial charge in [0.2, 0.25) is 17.8 Å². The van der Waals surface area contributed by atoms with Gasteiger partial charge in [-0.2, -0.15) is 24.7 Å². The Balaban J connectivity index is 2.25. The number of anilines is 2. The van der Waals surface area contributed by atoms with Crippen LogP contribution in [0.5, 0.6) is 0 Å². The normalized spacial score (nSPS) is 11.9. The van der Waals surface area contributed by atoms with Crippen LogP contribution in [0.25, 0.3) is 5.95 Å². The number of likely N-dealkylation sites (N-methyl/N-ethyl adjacent to an activating group) is 1. The van der Waals surface area contributed by atoms with E-state index in [1.807, 2.05) is 0 Å². The molecular weight excluding hydrogens is 250 g/mol. The van der Waals surface area contributed by atoms with E-state index in [-0.39, 0.29) is 23.8 Å². The van der Waals surface area contributed by atoms with E-state index in [4.69, 9.17) is 5.73 Å². The van der Waals surface area contributed by atoms with E-state index in [0.717, 1.165) is 0 Å². The highest BCUT2D eigenvalue weighted by atomic mass is 16.2. The molecular formula is C9H13N9O. The van der Waals surface area contributed by atoms with E-state index < -0.39 is 6.04 Å². The van der Waals surface area contributed by atoms with Gasteiger partial charge in [0.05, 0.1) is 0 Å². The third kappa shape index (κ3) is 2.91. The highest BCUT2D eigenvalue weighted by Gasteiger charge is 2.14. The fraction of sp³-hybridized carbons (Fsp3) is 0.333. The Labute approximate surface area is 108 Å². The molecule has 0 aliphatic rings. The molecule has 0 aliphatic carbocycles. The minimum absolute atomic E-state index is 0.0205. The summed E-state index contributed by atoms with van der Waals surface area (Å²) >= 11 is 0. The second-order valence-corrected chi connectivity index (χ2v) is 3.64. The topological polar surface area (TPSA) is 137 Å². The molecule has 0 saturated carbocycles. The van der Waals surface area contributed by atoms with Gasteiger partial charge in [0.25, 0.3) is 5.95 Å². The lowest BCUT2D eigenvalue weighted by Gasteiger charge is -2.12. The standard InChI is InChI=1S/C9H13N9O/c1-5(6(19)11-2)14-8-15-7(10)16-9(17-8)18-4-12-3-13-18/h3-5H,1-2H3,(H,11,19)(H3,10,14,15,16,17). The quantitative estimate of drug-likeness (QED) is 0.611. The lowest BCUT2D eigenvalue weighted by molar-refractivity contribution is -0.121. The second-order valence-electron chi connectivity index (χ2n) is 3.64. The van der Waals surface area contributed by atoms with Crippen molar-refractivity contribution in [1.29, 1.82) is 0 Å². The maximum atomic E-state index is 11.4. The van der Waals surface area contributed by atoms with Gasteiger partial charge in [0.1, 0.15) is 18.7 Å². The maximum Gasteiger partial charge on any atom is 0.258 e. The molecule has 1 unspecified atom stereocenters. The van der Waals surface area contributed by atoms with Gasteiger partial charge in [0, 0.05) is 7.05 Å². The molecule has 10 nitrogen and oxygen atoms in total. The Hall–Kier alpha value is -2.78. The summed E-state index contributed by atoms with van der Waals surface area (Å²) in [5, 5.41) is 9.22. The highest BCUT2D eigenvalue weighted by molar-refractivity contribution is 5.83. The van der Waals surface area contributed by atoms with Crippen LogP contribution in [0.15, 0.2) is 12.7 Å². The molecule has 19 heavy (non-hydrogen) atoms. The summed E-state index contributed by atoms with van der Waals surface area (Å²) in [5.74, 6) is 0.235. The van der Waals surface area contributed by atoms with E-state index in [0.29, 0.717) is 0 Å². The average Bonchev–Trinajstić information content (AvgIpc) is 2.90. The van der Waals surface area contributed by atoms with E-state index in [1.165, 1.54) is 17.3 Å². The van der Waals surface area contributed by atoms with Gasteiger partial charge in [-0.1, -0.05) is 0 Å². The lowest BCUT2D eigenvalue weighted by atomic mass is 10.3. The highest BCUT2D eigenvalue weighted by Crippen LogP contribution is 2.06. The number of nitrogen functional groups attached to an aromatic ring is 1. The molecule has 2 aromatic heterocycles. The number of carbonyl (C=O) groups is 1. The molecule has 0 fully saturated rings.